The molecule has 5 nitrogen and oxygen atoms in total. The third kappa shape index (κ3) is 6.70. The smallest absolute Gasteiger partial charge is 0.271 e. The third-order valence-electron chi connectivity index (χ3n) is 4.68. The minimum Gasteiger partial charge on any atom is -0.360 e. The van der Waals surface area contributed by atoms with Crippen molar-refractivity contribution in [2.24, 2.45) is 5.10 Å². The van der Waals surface area contributed by atoms with Gasteiger partial charge in [0.05, 0.1) is 11.2 Å². The number of anilines is 1. The molecule has 0 unspecified atom stereocenters. The number of hydrazone groups is 1. The van der Waals surface area contributed by atoms with E-state index < -0.39 is 0 Å². The molecule has 0 heterocycles. The largest absolute Gasteiger partial charge is 0.360 e. The fraction of sp³-hybridized carbons (Fsp3) is 0.286. The van der Waals surface area contributed by atoms with Gasteiger partial charge in [0.1, 0.15) is 0 Å². The van der Waals surface area contributed by atoms with E-state index in [4.69, 9.17) is 35.4 Å². The van der Waals surface area contributed by atoms with Crippen molar-refractivity contribution < 1.29 is 4.79 Å². The molecule has 152 valence electrons. The summed E-state index contributed by atoms with van der Waals surface area (Å²) in [5, 5.41) is 12.1. The summed E-state index contributed by atoms with van der Waals surface area (Å²) in [6, 6.07) is 12.5. The van der Waals surface area contributed by atoms with Crippen LogP contribution >= 0.6 is 35.4 Å². The van der Waals surface area contributed by atoms with Gasteiger partial charge in [-0.25, -0.2) is 5.43 Å². The highest BCUT2D eigenvalue weighted by Gasteiger charge is 2.14. The molecule has 1 saturated carbocycles. The zero-order valence-electron chi connectivity index (χ0n) is 15.8. The Balaban J connectivity index is 1.50. The highest BCUT2D eigenvalue weighted by atomic mass is 35.5. The summed E-state index contributed by atoms with van der Waals surface area (Å²) in [5.41, 5.74) is 4.46. The van der Waals surface area contributed by atoms with Crippen LogP contribution in [0.5, 0.6) is 0 Å². The fourth-order valence-electron chi connectivity index (χ4n) is 3.14. The molecule has 2 aromatic rings. The summed E-state index contributed by atoms with van der Waals surface area (Å²) < 4.78 is 0. The van der Waals surface area contributed by atoms with Gasteiger partial charge in [-0.3, -0.25) is 4.79 Å². The van der Waals surface area contributed by atoms with E-state index in [0.717, 1.165) is 18.5 Å². The van der Waals surface area contributed by atoms with E-state index in [2.05, 4.69) is 21.2 Å². The molecular formula is C21H22Cl2N4OS. The summed E-state index contributed by atoms with van der Waals surface area (Å²) in [7, 11) is 0. The predicted octanol–water partition coefficient (Wildman–Crippen LogP) is 5.38. The number of hydrogen-bond acceptors (Lipinski definition) is 3. The average molecular weight is 449 g/mol. The topological polar surface area (TPSA) is 65.5 Å². The van der Waals surface area contributed by atoms with E-state index in [1.165, 1.54) is 25.5 Å². The first-order chi connectivity index (χ1) is 14.0. The third-order valence-corrected chi connectivity index (χ3v) is 5.46. The lowest BCUT2D eigenvalue weighted by Crippen LogP contribution is -2.38. The second kappa shape index (κ2) is 10.6. The number of amides is 1. The number of halogens is 2. The van der Waals surface area contributed by atoms with Crippen molar-refractivity contribution in [3.8, 4) is 0 Å². The van der Waals surface area contributed by atoms with E-state index in [9.17, 15) is 4.79 Å². The summed E-state index contributed by atoms with van der Waals surface area (Å²) >= 11 is 17.3. The minimum atomic E-state index is -0.319. The van der Waals surface area contributed by atoms with Crippen LogP contribution in [0.15, 0.2) is 47.6 Å². The van der Waals surface area contributed by atoms with Crippen LogP contribution in [0.3, 0.4) is 0 Å². The monoisotopic (exact) mass is 448 g/mol. The molecule has 1 fully saturated rings. The Bertz CT molecular complexity index is 896. The van der Waals surface area contributed by atoms with Gasteiger partial charge < -0.3 is 10.6 Å². The minimum absolute atomic E-state index is 0.319. The highest BCUT2D eigenvalue weighted by molar-refractivity contribution is 7.80. The van der Waals surface area contributed by atoms with Crippen LogP contribution in [-0.4, -0.2) is 23.3 Å². The second-order valence-corrected chi connectivity index (χ2v) is 8.13. The molecule has 1 aliphatic carbocycles. The molecule has 0 aliphatic heterocycles. The van der Waals surface area contributed by atoms with Gasteiger partial charge in [-0.05, 0) is 61.5 Å². The molecule has 3 rings (SSSR count). The molecule has 0 spiro atoms. The molecule has 29 heavy (non-hydrogen) atoms. The Kier molecular flexibility index (Phi) is 7.86. The maximum absolute atomic E-state index is 12.2. The number of hydrogen-bond donors (Lipinski definition) is 3. The Morgan fingerprint density at radius 2 is 1.79 bits per heavy atom. The summed E-state index contributed by atoms with van der Waals surface area (Å²) in [4.78, 5) is 12.2. The molecule has 0 bridgehead atoms. The Labute approximate surface area is 185 Å². The first-order valence-corrected chi connectivity index (χ1v) is 10.6. The normalized spacial score (nSPS) is 14.6. The lowest BCUT2D eigenvalue weighted by atomic mass is 9.96. The van der Waals surface area contributed by atoms with Gasteiger partial charge in [0, 0.05) is 27.9 Å². The van der Waals surface area contributed by atoms with Crippen molar-refractivity contribution >= 4 is 58.3 Å². The Morgan fingerprint density at radius 3 is 2.48 bits per heavy atom. The van der Waals surface area contributed by atoms with Crippen molar-refractivity contribution in [2.75, 3.05) is 5.32 Å². The number of nitrogens with zero attached hydrogens (tertiary/aromatic N) is 1. The second-order valence-electron chi connectivity index (χ2n) is 6.88. The predicted molar refractivity (Wildman–Crippen MR) is 124 cm³/mol. The van der Waals surface area contributed by atoms with Gasteiger partial charge in [-0.1, -0.05) is 48.5 Å². The maximum atomic E-state index is 12.2. The zero-order chi connectivity index (χ0) is 20.6. The molecule has 0 radical (unpaired) electrons. The molecule has 0 aromatic heterocycles. The van der Waals surface area contributed by atoms with E-state index >= 15 is 0 Å². The average Bonchev–Trinajstić information content (AvgIpc) is 2.71. The number of nitrogens with one attached hydrogen (secondary N) is 3. The van der Waals surface area contributed by atoms with Crippen molar-refractivity contribution in [1.29, 1.82) is 0 Å². The quantitative estimate of drug-likeness (QED) is 0.326. The van der Waals surface area contributed by atoms with Gasteiger partial charge in [-0.2, -0.15) is 5.10 Å². The molecule has 0 atom stereocenters. The van der Waals surface area contributed by atoms with Crippen LogP contribution in [0.2, 0.25) is 10.0 Å². The van der Waals surface area contributed by atoms with Gasteiger partial charge in [-0.15, -0.1) is 0 Å². The molecular weight excluding hydrogens is 427 g/mol. The van der Waals surface area contributed by atoms with Crippen LogP contribution in [-0.2, 0) is 0 Å². The van der Waals surface area contributed by atoms with Gasteiger partial charge in [0.25, 0.3) is 5.91 Å². The van der Waals surface area contributed by atoms with E-state index in [1.54, 1.807) is 30.3 Å². The van der Waals surface area contributed by atoms with Gasteiger partial charge in [0.2, 0.25) is 0 Å². The van der Waals surface area contributed by atoms with Crippen molar-refractivity contribution in [3.63, 3.8) is 0 Å². The van der Waals surface area contributed by atoms with Crippen LogP contribution in [0.1, 0.15) is 48.0 Å². The summed E-state index contributed by atoms with van der Waals surface area (Å²) in [6.07, 6.45) is 7.58. The fourth-order valence-corrected chi connectivity index (χ4v) is 3.88. The summed E-state index contributed by atoms with van der Waals surface area (Å²) in [5.74, 6) is -0.319. The van der Waals surface area contributed by atoms with Crippen molar-refractivity contribution in [2.45, 2.75) is 38.1 Å². The number of thiocarbonyl (C=S) groups is 1. The lowest BCUT2D eigenvalue weighted by Gasteiger charge is -2.24. The molecule has 0 saturated heterocycles. The molecule has 1 amide bonds. The Hall–Kier alpha value is -2.15. The molecule has 8 heteroatoms. The lowest BCUT2D eigenvalue weighted by molar-refractivity contribution is 0.0955. The van der Waals surface area contributed by atoms with Gasteiger partial charge >= 0.3 is 0 Å². The van der Waals surface area contributed by atoms with Gasteiger partial charge in [0.15, 0.2) is 5.11 Å². The Morgan fingerprint density at radius 1 is 1.07 bits per heavy atom. The van der Waals surface area contributed by atoms with Crippen molar-refractivity contribution in [3.05, 3.63) is 63.6 Å². The standard InChI is InChI=1S/C21H22Cl2N4OS/c22-16-9-6-15(19(23)12-16)13-24-27-20(28)14-7-10-18(11-8-14)26-21(29)25-17-4-2-1-3-5-17/h6-13,17H,1-5H2,(H,27,28)(H2,25,26,29)/b24-13+. The molecule has 2 aromatic carbocycles. The van der Waals surface area contributed by atoms with Crippen LogP contribution in [0.4, 0.5) is 5.69 Å². The maximum Gasteiger partial charge on any atom is 0.271 e. The molecule has 1 aliphatic rings. The summed E-state index contributed by atoms with van der Waals surface area (Å²) in [6.45, 7) is 0. The van der Waals surface area contributed by atoms with E-state index in [1.807, 2.05) is 12.1 Å². The SMILES string of the molecule is O=C(N/N=C/c1ccc(Cl)cc1Cl)c1ccc(NC(=S)NC2CCCCC2)cc1. The highest BCUT2D eigenvalue weighted by Crippen LogP contribution is 2.19. The number of carbonyl (C=O) groups excluding carboxylic acids is 1. The number of rotatable bonds is 5. The first kappa shape index (κ1) is 21.6. The molecule has 3 N–H and O–H groups in total. The van der Waals surface area contributed by atoms with Crippen molar-refractivity contribution in [1.82, 2.24) is 10.7 Å². The van der Waals surface area contributed by atoms with E-state index in [-0.39, 0.29) is 5.91 Å². The zero-order valence-corrected chi connectivity index (χ0v) is 18.1. The van der Waals surface area contributed by atoms with Crippen LogP contribution in [0, 0.1) is 0 Å². The number of carbonyl (C=O) groups is 1. The van der Waals surface area contributed by atoms with E-state index in [0.29, 0.717) is 32.3 Å². The first-order valence-electron chi connectivity index (χ1n) is 9.47. The van der Waals surface area contributed by atoms with Crippen LogP contribution < -0.4 is 16.1 Å². The number of benzene rings is 2. The van der Waals surface area contributed by atoms with Crippen LogP contribution in [0.25, 0.3) is 0 Å².